The minimum absolute atomic E-state index is 0.222. The molecule has 4 heteroatoms. The standard InChI is InChI=1S/C8H14NOPS/c1-4-8-5-6-12-11(10,7-8)9(2)3/h1,8H,5-7H2,2-3H3. The van der Waals surface area contributed by atoms with Gasteiger partial charge in [-0.1, -0.05) is 11.4 Å². The summed E-state index contributed by atoms with van der Waals surface area (Å²) in [6.45, 7) is -2.15. The van der Waals surface area contributed by atoms with E-state index in [-0.39, 0.29) is 5.92 Å². The van der Waals surface area contributed by atoms with Gasteiger partial charge in [-0.25, -0.2) is 0 Å². The second-order valence-corrected chi connectivity index (χ2v) is 8.75. The average molecular weight is 203 g/mol. The first-order valence-corrected chi connectivity index (χ1v) is 7.39. The molecule has 12 heavy (non-hydrogen) atoms. The van der Waals surface area contributed by atoms with Gasteiger partial charge in [0.25, 0.3) is 0 Å². The summed E-state index contributed by atoms with van der Waals surface area (Å²) < 4.78 is 13.9. The van der Waals surface area contributed by atoms with Gasteiger partial charge in [-0.05, 0) is 20.5 Å². The SMILES string of the molecule is C#CC1CCSP(=O)(N(C)C)C1. The third-order valence-corrected chi connectivity index (χ3v) is 8.18. The normalized spacial score (nSPS) is 36.3. The van der Waals surface area contributed by atoms with E-state index in [1.807, 2.05) is 18.8 Å². The van der Waals surface area contributed by atoms with E-state index in [4.69, 9.17) is 6.42 Å². The van der Waals surface area contributed by atoms with Crippen LogP contribution in [0.5, 0.6) is 0 Å². The molecule has 2 nitrogen and oxygen atoms in total. The zero-order chi connectivity index (χ0) is 9.19. The van der Waals surface area contributed by atoms with Gasteiger partial charge in [0.05, 0.1) is 0 Å². The van der Waals surface area contributed by atoms with Gasteiger partial charge in [-0.2, -0.15) is 0 Å². The van der Waals surface area contributed by atoms with Crippen LogP contribution in [0.4, 0.5) is 0 Å². The van der Waals surface area contributed by atoms with E-state index in [1.54, 1.807) is 11.4 Å². The van der Waals surface area contributed by atoms with Gasteiger partial charge < -0.3 is 0 Å². The third-order valence-electron chi connectivity index (χ3n) is 2.06. The van der Waals surface area contributed by atoms with Crippen LogP contribution in [0.2, 0.25) is 0 Å². The summed E-state index contributed by atoms with van der Waals surface area (Å²) in [5.41, 5.74) is 0. The lowest BCUT2D eigenvalue weighted by atomic mass is 10.1. The van der Waals surface area contributed by atoms with Crippen molar-refractivity contribution in [2.45, 2.75) is 6.42 Å². The molecule has 0 N–H and O–H groups in total. The molecular weight excluding hydrogens is 189 g/mol. The van der Waals surface area contributed by atoms with E-state index in [1.165, 1.54) is 0 Å². The highest BCUT2D eigenvalue weighted by molar-refractivity contribution is 8.57. The van der Waals surface area contributed by atoms with Crippen LogP contribution < -0.4 is 0 Å². The van der Waals surface area contributed by atoms with Crippen LogP contribution in [0.3, 0.4) is 0 Å². The second kappa shape index (κ2) is 3.87. The summed E-state index contributed by atoms with van der Waals surface area (Å²) in [5, 5.41) is 0. The molecule has 2 atom stereocenters. The van der Waals surface area contributed by atoms with Crippen molar-refractivity contribution >= 4 is 17.9 Å². The lowest BCUT2D eigenvalue weighted by Crippen LogP contribution is -2.18. The zero-order valence-electron chi connectivity index (χ0n) is 7.49. The smallest absolute Gasteiger partial charge is 0.204 e. The summed E-state index contributed by atoms with van der Waals surface area (Å²) in [4.78, 5) is 0. The van der Waals surface area contributed by atoms with Gasteiger partial charge in [-0.3, -0.25) is 9.24 Å². The molecule has 1 saturated heterocycles. The van der Waals surface area contributed by atoms with E-state index < -0.39 is 6.49 Å². The molecule has 1 heterocycles. The van der Waals surface area contributed by atoms with Crippen molar-refractivity contribution in [1.82, 2.24) is 4.67 Å². The summed E-state index contributed by atoms with van der Waals surface area (Å²) >= 11 is 1.58. The maximum atomic E-state index is 12.1. The Hall–Kier alpha value is 0.1000. The van der Waals surface area contributed by atoms with Gasteiger partial charge >= 0.3 is 0 Å². The quantitative estimate of drug-likeness (QED) is 0.481. The highest BCUT2D eigenvalue weighted by Gasteiger charge is 2.32. The third kappa shape index (κ3) is 2.07. The number of hydrogen-bond acceptors (Lipinski definition) is 2. The monoisotopic (exact) mass is 203 g/mol. The largest absolute Gasteiger partial charge is 0.295 e. The predicted octanol–water partition coefficient (Wildman–Crippen LogP) is 2.13. The topological polar surface area (TPSA) is 20.3 Å². The van der Waals surface area contributed by atoms with E-state index >= 15 is 0 Å². The van der Waals surface area contributed by atoms with Crippen molar-refractivity contribution < 1.29 is 4.57 Å². The Morgan fingerprint density at radius 3 is 2.83 bits per heavy atom. The Bertz CT molecular complexity index is 246. The van der Waals surface area contributed by atoms with Crippen LogP contribution in [-0.2, 0) is 4.57 Å². The Morgan fingerprint density at radius 2 is 2.33 bits per heavy atom. The first-order chi connectivity index (χ1) is 5.58. The molecule has 0 spiro atoms. The Labute approximate surface area is 78.3 Å². The summed E-state index contributed by atoms with van der Waals surface area (Å²) in [6, 6.07) is 0. The molecule has 0 aromatic heterocycles. The maximum Gasteiger partial charge on any atom is 0.204 e. The van der Waals surface area contributed by atoms with Gasteiger partial charge in [-0.15, -0.1) is 12.3 Å². The molecule has 0 aromatic rings. The van der Waals surface area contributed by atoms with Crippen LogP contribution in [0.15, 0.2) is 0 Å². The molecule has 1 aliphatic heterocycles. The molecule has 1 fully saturated rings. The minimum Gasteiger partial charge on any atom is -0.295 e. The molecule has 0 saturated carbocycles. The summed E-state index contributed by atoms with van der Waals surface area (Å²) in [5.74, 6) is 3.86. The lowest BCUT2D eigenvalue weighted by Gasteiger charge is -2.30. The van der Waals surface area contributed by atoms with Crippen molar-refractivity contribution in [2.75, 3.05) is 26.0 Å². The van der Waals surface area contributed by atoms with Gasteiger partial charge in [0.1, 0.15) is 0 Å². The Balaban J connectivity index is 2.69. The number of terminal acetylenes is 1. The average Bonchev–Trinajstić information content (AvgIpc) is 2.04. The predicted molar refractivity (Wildman–Crippen MR) is 55.6 cm³/mol. The lowest BCUT2D eigenvalue weighted by molar-refractivity contribution is 0.519. The minimum atomic E-state index is -2.15. The molecule has 0 bridgehead atoms. The van der Waals surface area contributed by atoms with Crippen LogP contribution in [0.1, 0.15) is 6.42 Å². The molecule has 0 aromatic carbocycles. The van der Waals surface area contributed by atoms with Crippen molar-refractivity contribution in [3.8, 4) is 12.3 Å². The maximum absolute atomic E-state index is 12.1. The van der Waals surface area contributed by atoms with Crippen LogP contribution >= 0.6 is 17.9 Å². The summed E-state index contributed by atoms with van der Waals surface area (Å²) in [6.07, 6.45) is 7.02. The molecule has 1 rings (SSSR count). The van der Waals surface area contributed by atoms with Gasteiger partial charge in [0.15, 0.2) is 0 Å². The first-order valence-electron chi connectivity index (χ1n) is 3.96. The fourth-order valence-electron chi connectivity index (χ4n) is 1.17. The highest BCUT2D eigenvalue weighted by atomic mass is 32.7. The molecule has 0 aliphatic carbocycles. The molecular formula is C8H14NOPS. The number of rotatable bonds is 1. The fraction of sp³-hybridized carbons (Fsp3) is 0.750. The van der Waals surface area contributed by atoms with E-state index in [0.717, 1.165) is 12.2 Å². The van der Waals surface area contributed by atoms with Gasteiger partial charge in [0.2, 0.25) is 6.49 Å². The Kier molecular flexibility index (Phi) is 3.29. The van der Waals surface area contributed by atoms with E-state index in [9.17, 15) is 4.57 Å². The zero-order valence-corrected chi connectivity index (χ0v) is 9.20. The molecule has 1 aliphatic rings. The molecule has 0 amide bonds. The molecule has 68 valence electrons. The van der Waals surface area contributed by atoms with E-state index in [2.05, 4.69) is 5.92 Å². The number of hydrogen-bond donors (Lipinski definition) is 0. The van der Waals surface area contributed by atoms with Crippen LogP contribution in [0, 0.1) is 18.3 Å². The fourth-order valence-corrected chi connectivity index (χ4v) is 6.08. The van der Waals surface area contributed by atoms with Crippen LogP contribution in [-0.4, -0.2) is 30.7 Å². The Morgan fingerprint density at radius 1 is 1.67 bits per heavy atom. The van der Waals surface area contributed by atoms with Crippen molar-refractivity contribution in [3.05, 3.63) is 0 Å². The van der Waals surface area contributed by atoms with Crippen LogP contribution in [0.25, 0.3) is 0 Å². The van der Waals surface area contributed by atoms with E-state index in [0.29, 0.717) is 6.16 Å². The highest BCUT2D eigenvalue weighted by Crippen LogP contribution is 2.63. The molecule has 0 radical (unpaired) electrons. The van der Waals surface area contributed by atoms with Crippen molar-refractivity contribution in [2.24, 2.45) is 5.92 Å². The van der Waals surface area contributed by atoms with Gasteiger partial charge in [0, 0.05) is 17.8 Å². The van der Waals surface area contributed by atoms with Crippen molar-refractivity contribution in [1.29, 1.82) is 0 Å². The van der Waals surface area contributed by atoms with Crippen molar-refractivity contribution in [3.63, 3.8) is 0 Å². The summed E-state index contributed by atoms with van der Waals surface area (Å²) in [7, 11) is 3.74. The number of nitrogens with zero attached hydrogens (tertiary/aromatic N) is 1. The second-order valence-electron chi connectivity index (χ2n) is 3.15. The first kappa shape index (κ1) is 10.2. The molecule has 2 unspecified atom stereocenters.